The van der Waals surface area contributed by atoms with E-state index in [4.69, 9.17) is 26.8 Å². The normalized spacial score (nSPS) is 14.0. The second-order valence-electron chi connectivity index (χ2n) is 3.45. The fourth-order valence-electron chi connectivity index (χ4n) is 1.65. The first kappa shape index (κ1) is 10.6. The zero-order valence-electron chi connectivity index (χ0n) is 8.46. The van der Waals surface area contributed by atoms with Crippen LogP contribution in [0.2, 0.25) is 5.02 Å². The van der Waals surface area contributed by atoms with Crippen LogP contribution in [0.25, 0.3) is 0 Å². The van der Waals surface area contributed by atoms with Crippen molar-refractivity contribution < 1.29 is 9.47 Å². The molecule has 0 amide bonds. The van der Waals surface area contributed by atoms with Crippen molar-refractivity contribution in [2.45, 2.75) is 12.8 Å². The number of halogens is 1. The molecule has 0 fully saturated rings. The van der Waals surface area contributed by atoms with Gasteiger partial charge in [-0.2, -0.15) is 0 Å². The molecular formula is C11H14ClNO2. The van der Waals surface area contributed by atoms with E-state index < -0.39 is 0 Å². The summed E-state index contributed by atoms with van der Waals surface area (Å²) in [4.78, 5) is 0. The van der Waals surface area contributed by atoms with Crippen molar-refractivity contribution in [3.8, 4) is 11.5 Å². The summed E-state index contributed by atoms with van der Waals surface area (Å²) in [5.41, 5.74) is 6.61. The number of benzene rings is 1. The van der Waals surface area contributed by atoms with Crippen molar-refractivity contribution in [3.05, 3.63) is 22.7 Å². The molecule has 1 heterocycles. The van der Waals surface area contributed by atoms with E-state index in [0.29, 0.717) is 30.5 Å². The predicted octanol–water partition coefficient (Wildman–Crippen LogP) is 2.00. The first-order chi connectivity index (χ1) is 7.33. The fraction of sp³-hybridized carbons (Fsp3) is 0.455. The molecular weight excluding hydrogens is 214 g/mol. The van der Waals surface area contributed by atoms with E-state index in [1.54, 1.807) is 0 Å². The van der Waals surface area contributed by atoms with Gasteiger partial charge in [0.15, 0.2) is 11.5 Å². The Morgan fingerprint density at radius 1 is 1.20 bits per heavy atom. The summed E-state index contributed by atoms with van der Waals surface area (Å²) in [5.74, 6) is 1.47. The molecule has 82 valence electrons. The van der Waals surface area contributed by atoms with Gasteiger partial charge in [0.2, 0.25) is 0 Å². The Morgan fingerprint density at radius 2 is 1.93 bits per heavy atom. The number of fused-ring (bicyclic) bond motifs is 1. The SMILES string of the molecule is NCCCc1ccc(Cl)c2c1OCCO2. The molecule has 2 N–H and O–H groups in total. The molecule has 4 heteroatoms. The average Bonchev–Trinajstić information content (AvgIpc) is 2.29. The maximum atomic E-state index is 6.02. The molecule has 0 spiro atoms. The summed E-state index contributed by atoms with van der Waals surface area (Å²) in [5, 5.41) is 0.612. The highest BCUT2D eigenvalue weighted by molar-refractivity contribution is 6.32. The summed E-state index contributed by atoms with van der Waals surface area (Å²) in [6, 6.07) is 3.83. The first-order valence-corrected chi connectivity index (χ1v) is 5.48. The van der Waals surface area contributed by atoms with E-state index in [0.717, 1.165) is 24.2 Å². The molecule has 3 nitrogen and oxygen atoms in total. The molecule has 0 radical (unpaired) electrons. The van der Waals surface area contributed by atoms with Gasteiger partial charge in [-0.1, -0.05) is 17.7 Å². The molecule has 1 aliphatic heterocycles. The topological polar surface area (TPSA) is 44.5 Å². The summed E-state index contributed by atoms with van der Waals surface area (Å²) < 4.78 is 11.1. The van der Waals surface area contributed by atoms with Gasteiger partial charge in [-0.25, -0.2) is 0 Å². The van der Waals surface area contributed by atoms with Crippen LogP contribution >= 0.6 is 11.6 Å². The van der Waals surface area contributed by atoms with Crippen molar-refractivity contribution in [2.75, 3.05) is 19.8 Å². The zero-order valence-corrected chi connectivity index (χ0v) is 9.22. The van der Waals surface area contributed by atoms with E-state index in [2.05, 4.69) is 0 Å². The van der Waals surface area contributed by atoms with Crippen LogP contribution in [0.4, 0.5) is 0 Å². The third kappa shape index (κ3) is 2.19. The van der Waals surface area contributed by atoms with Gasteiger partial charge in [0, 0.05) is 0 Å². The van der Waals surface area contributed by atoms with Crippen LogP contribution in [-0.4, -0.2) is 19.8 Å². The maximum absolute atomic E-state index is 6.02. The minimum Gasteiger partial charge on any atom is -0.486 e. The number of ether oxygens (including phenoxy) is 2. The van der Waals surface area contributed by atoms with Gasteiger partial charge in [0.05, 0.1) is 5.02 Å². The summed E-state index contributed by atoms with van der Waals surface area (Å²) in [6.45, 7) is 1.83. The van der Waals surface area contributed by atoms with Crippen LogP contribution < -0.4 is 15.2 Å². The van der Waals surface area contributed by atoms with Gasteiger partial charge in [-0.15, -0.1) is 0 Å². The first-order valence-electron chi connectivity index (χ1n) is 5.10. The monoisotopic (exact) mass is 227 g/mol. The second kappa shape index (κ2) is 4.73. The number of hydrogen-bond donors (Lipinski definition) is 1. The molecule has 15 heavy (non-hydrogen) atoms. The van der Waals surface area contributed by atoms with Crippen molar-refractivity contribution in [2.24, 2.45) is 5.73 Å². The van der Waals surface area contributed by atoms with E-state index >= 15 is 0 Å². The molecule has 1 aromatic rings. The van der Waals surface area contributed by atoms with E-state index in [-0.39, 0.29) is 0 Å². The number of aryl methyl sites for hydroxylation is 1. The van der Waals surface area contributed by atoms with Gasteiger partial charge in [-0.3, -0.25) is 0 Å². The number of hydrogen-bond acceptors (Lipinski definition) is 3. The molecule has 1 aliphatic rings. The van der Waals surface area contributed by atoms with Crippen LogP contribution in [-0.2, 0) is 6.42 Å². The highest BCUT2D eigenvalue weighted by atomic mass is 35.5. The minimum atomic E-state index is 0.563. The third-order valence-corrected chi connectivity index (χ3v) is 2.67. The second-order valence-corrected chi connectivity index (χ2v) is 3.86. The molecule has 0 bridgehead atoms. The molecule has 1 aromatic carbocycles. The van der Waals surface area contributed by atoms with E-state index in [1.165, 1.54) is 0 Å². The minimum absolute atomic E-state index is 0.563. The van der Waals surface area contributed by atoms with Crippen LogP contribution in [0.1, 0.15) is 12.0 Å². The highest BCUT2D eigenvalue weighted by Gasteiger charge is 2.18. The molecule has 0 atom stereocenters. The lowest BCUT2D eigenvalue weighted by atomic mass is 10.1. The molecule has 0 saturated heterocycles. The highest BCUT2D eigenvalue weighted by Crippen LogP contribution is 2.40. The van der Waals surface area contributed by atoms with Crippen LogP contribution in [0.15, 0.2) is 12.1 Å². The standard InChI is InChI=1S/C11H14ClNO2/c12-9-4-3-8(2-1-5-13)10-11(9)15-7-6-14-10/h3-4H,1-2,5-7,13H2. The lowest BCUT2D eigenvalue weighted by molar-refractivity contribution is 0.170. The lowest BCUT2D eigenvalue weighted by Crippen LogP contribution is -2.17. The van der Waals surface area contributed by atoms with Gasteiger partial charge in [0.1, 0.15) is 13.2 Å². The Balaban J connectivity index is 2.30. The predicted molar refractivity (Wildman–Crippen MR) is 59.8 cm³/mol. The Morgan fingerprint density at radius 3 is 2.67 bits per heavy atom. The van der Waals surface area contributed by atoms with Crippen LogP contribution in [0.5, 0.6) is 11.5 Å². The molecule has 0 aromatic heterocycles. The summed E-state index contributed by atoms with van der Waals surface area (Å²) >= 11 is 6.02. The maximum Gasteiger partial charge on any atom is 0.180 e. The molecule has 0 saturated carbocycles. The summed E-state index contributed by atoms with van der Waals surface area (Å²) in [7, 11) is 0. The molecule has 2 rings (SSSR count). The largest absolute Gasteiger partial charge is 0.486 e. The lowest BCUT2D eigenvalue weighted by Gasteiger charge is -2.22. The quantitative estimate of drug-likeness (QED) is 0.859. The van der Waals surface area contributed by atoms with Crippen molar-refractivity contribution in [1.82, 2.24) is 0 Å². The average molecular weight is 228 g/mol. The van der Waals surface area contributed by atoms with E-state index in [1.807, 2.05) is 12.1 Å². The van der Waals surface area contributed by atoms with E-state index in [9.17, 15) is 0 Å². The molecule has 0 unspecified atom stereocenters. The fourth-order valence-corrected chi connectivity index (χ4v) is 1.85. The van der Waals surface area contributed by atoms with Crippen LogP contribution in [0, 0.1) is 0 Å². The van der Waals surface area contributed by atoms with Gasteiger partial charge >= 0.3 is 0 Å². The molecule has 0 aliphatic carbocycles. The summed E-state index contributed by atoms with van der Waals surface area (Å²) in [6.07, 6.45) is 1.84. The van der Waals surface area contributed by atoms with Gasteiger partial charge in [0.25, 0.3) is 0 Å². The van der Waals surface area contributed by atoms with Gasteiger partial charge < -0.3 is 15.2 Å². The number of rotatable bonds is 3. The smallest absolute Gasteiger partial charge is 0.180 e. The Labute approximate surface area is 94.1 Å². The number of nitrogens with two attached hydrogens (primary N) is 1. The Bertz CT molecular complexity index is 355. The Kier molecular flexibility index (Phi) is 3.34. The van der Waals surface area contributed by atoms with Gasteiger partial charge in [-0.05, 0) is 31.0 Å². The van der Waals surface area contributed by atoms with Crippen molar-refractivity contribution >= 4 is 11.6 Å². The Hall–Kier alpha value is -0.930. The van der Waals surface area contributed by atoms with Crippen molar-refractivity contribution in [3.63, 3.8) is 0 Å². The third-order valence-electron chi connectivity index (χ3n) is 2.37. The van der Waals surface area contributed by atoms with Crippen LogP contribution in [0.3, 0.4) is 0 Å². The van der Waals surface area contributed by atoms with Crippen molar-refractivity contribution in [1.29, 1.82) is 0 Å². The zero-order chi connectivity index (χ0) is 10.7.